The van der Waals surface area contributed by atoms with Gasteiger partial charge in [-0.05, 0) is 26.0 Å². The molecular weight excluding hydrogens is 200 g/mol. The van der Waals surface area contributed by atoms with Gasteiger partial charge in [0.05, 0.1) is 12.0 Å². The summed E-state index contributed by atoms with van der Waals surface area (Å²) in [6.45, 7) is 5.62. The van der Waals surface area contributed by atoms with E-state index in [1.165, 1.54) is 5.56 Å². The molecule has 0 N–H and O–H groups in total. The molecule has 0 aliphatic carbocycles. The Bertz CT molecular complexity index is 445. The molecule has 0 radical (unpaired) electrons. The topological polar surface area (TPSA) is 27.1 Å². The Morgan fingerprint density at radius 3 is 2.62 bits per heavy atom. The molecule has 2 rings (SSSR count). The van der Waals surface area contributed by atoms with E-state index in [-0.39, 0.29) is 0 Å². The normalized spacial score (nSPS) is 10.4. The van der Waals surface area contributed by atoms with Gasteiger partial charge >= 0.3 is 0 Å². The van der Waals surface area contributed by atoms with Crippen LogP contribution >= 0.6 is 0 Å². The Hall–Kier alpha value is -1.77. The van der Waals surface area contributed by atoms with Crippen LogP contribution < -0.4 is 4.74 Å². The van der Waals surface area contributed by atoms with Gasteiger partial charge in [-0.15, -0.1) is 0 Å². The average molecular weight is 216 g/mol. The molecule has 3 nitrogen and oxygen atoms in total. The summed E-state index contributed by atoms with van der Waals surface area (Å²) in [5.41, 5.74) is 2.20. The van der Waals surface area contributed by atoms with E-state index >= 15 is 0 Å². The predicted molar refractivity (Wildman–Crippen MR) is 63.4 cm³/mol. The summed E-state index contributed by atoms with van der Waals surface area (Å²) < 4.78 is 7.66. The van der Waals surface area contributed by atoms with Crippen molar-refractivity contribution in [1.82, 2.24) is 9.55 Å². The van der Waals surface area contributed by atoms with Crippen LogP contribution in [-0.4, -0.2) is 9.55 Å². The van der Waals surface area contributed by atoms with Crippen LogP contribution in [0.15, 0.2) is 36.8 Å². The highest BCUT2D eigenvalue weighted by Crippen LogP contribution is 2.12. The number of aromatic nitrogens is 2. The average Bonchev–Trinajstić information content (AvgIpc) is 2.76. The molecule has 0 spiro atoms. The molecule has 0 bridgehead atoms. The third kappa shape index (κ3) is 2.63. The molecule has 1 heterocycles. The van der Waals surface area contributed by atoms with E-state index in [1.54, 1.807) is 0 Å². The largest absolute Gasteiger partial charge is 0.487 e. The van der Waals surface area contributed by atoms with Crippen LogP contribution in [0, 0.1) is 6.92 Å². The van der Waals surface area contributed by atoms with E-state index in [0.29, 0.717) is 6.61 Å². The number of nitrogens with zero attached hydrogens (tertiary/aromatic N) is 2. The molecular formula is C13H16N2O. The van der Waals surface area contributed by atoms with Gasteiger partial charge in [0, 0.05) is 12.7 Å². The predicted octanol–water partition coefficient (Wildman–Crippen LogP) is 2.79. The number of hydrogen-bond donors (Lipinski definition) is 0. The van der Waals surface area contributed by atoms with Gasteiger partial charge in [-0.25, -0.2) is 4.98 Å². The first kappa shape index (κ1) is 10.7. The Kier molecular flexibility index (Phi) is 3.25. The second-order valence-corrected chi connectivity index (χ2v) is 3.80. The van der Waals surface area contributed by atoms with Crippen molar-refractivity contribution in [2.45, 2.75) is 27.0 Å². The maximum atomic E-state index is 5.63. The number of hydrogen-bond acceptors (Lipinski definition) is 2. The van der Waals surface area contributed by atoms with E-state index in [2.05, 4.69) is 18.8 Å². The van der Waals surface area contributed by atoms with Gasteiger partial charge in [0.15, 0.2) is 0 Å². The number of imidazole rings is 1. The third-order valence-corrected chi connectivity index (χ3v) is 2.46. The fraction of sp³-hybridized carbons (Fsp3) is 0.308. The third-order valence-electron chi connectivity index (χ3n) is 2.46. The summed E-state index contributed by atoms with van der Waals surface area (Å²) in [6, 6.07) is 8.04. The zero-order valence-corrected chi connectivity index (χ0v) is 9.68. The molecule has 84 valence electrons. The highest BCUT2D eigenvalue weighted by Gasteiger charge is 1.99. The molecule has 0 saturated carbocycles. The summed E-state index contributed by atoms with van der Waals surface area (Å²) in [4.78, 5) is 4.26. The molecule has 2 aromatic rings. The van der Waals surface area contributed by atoms with Gasteiger partial charge in [-0.3, -0.25) is 0 Å². The van der Waals surface area contributed by atoms with Crippen molar-refractivity contribution in [2.24, 2.45) is 0 Å². The second kappa shape index (κ2) is 4.84. The Morgan fingerprint density at radius 1 is 1.25 bits per heavy atom. The molecule has 0 fully saturated rings. The SMILES string of the molecule is CCn1cnc(COc2ccc(C)cc2)c1. The maximum absolute atomic E-state index is 5.63. The maximum Gasteiger partial charge on any atom is 0.132 e. The second-order valence-electron chi connectivity index (χ2n) is 3.80. The first-order valence-corrected chi connectivity index (χ1v) is 5.48. The lowest BCUT2D eigenvalue weighted by atomic mass is 10.2. The molecule has 0 amide bonds. The minimum Gasteiger partial charge on any atom is -0.487 e. The van der Waals surface area contributed by atoms with Gasteiger partial charge in [-0.1, -0.05) is 17.7 Å². The minimum absolute atomic E-state index is 0.524. The first-order chi connectivity index (χ1) is 7.78. The van der Waals surface area contributed by atoms with E-state index in [1.807, 2.05) is 41.4 Å². The van der Waals surface area contributed by atoms with Gasteiger partial charge in [-0.2, -0.15) is 0 Å². The van der Waals surface area contributed by atoms with Crippen molar-refractivity contribution in [3.05, 3.63) is 48.0 Å². The van der Waals surface area contributed by atoms with Gasteiger partial charge < -0.3 is 9.30 Å². The van der Waals surface area contributed by atoms with Crippen molar-refractivity contribution in [3.8, 4) is 5.75 Å². The Balaban J connectivity index is 1.94. The monoisotopic (exact) mass is 216 g/mol. The minimum atomic E-state index is 0.524. The van der Waals surface area contributed by atoms with Gasteiger partial charge in [0.1, 0.15) is 12.4 Å². The number of aryl methyl sites for hydroxylation is 2. The number of rotatable bonds is 4. The molecule has 1 aromatic heterocycles. The molecule has 0 saturated heterocycles. The summed E-state index contributed by atoms with van der Waals surface area (Å²) in [6.07, 6.45) is 3.84. The molecule has 0 unspecified atom stereocenters. The zero-order chi connectivity index (χ0) is 11.4. The molecule has 0 atom stereocenters. The van der Waals surface area contributed by atoms with E-state index in [0.717, 1.165) is 18.0 Å². The van der Waals surface area contributed by atoms with Crippen molar-refractivity contribution in [1.29, 1.82) is 0 Å². The van der Waals surface area contributed by atoms with Crippen molar-refractivity contribution in [2.75, 3.05) is 0 Å². The lowest BCUT2D eigenvalue weighted by Crippen LogP contribution is -1.95. The summed E-state index contributed by atoms with van der Waals surface area (Å²) in [5.74, 6) is 0.886. The molecule has 0 aliphatic rings. The lowest BCUT2D eigenvalue weighted by molar-refractivity contribution is 0.301. The highest BCUT2D eigenvalue weighted by molar-refractivity contribution is 5.26. The first-order valence-electron chi connectivity index (χ1n) is 5.48. The van der Waals surface area contributed by atoms with Crippen LogP contribution in [-0.2, 0) is 13.2 Å². The molecule has 3 heteroatoms. The summed E-state index contributed by atoms with van der Waals surface area (Å²) in [5, 5.41) is 0. The lowest BCUT2D eigenvalue weighted by Gasteiger charge is -2.03. The van der Waals surface area contributed by atoms with E-state index in [4.69, 9.17) is 4.74 Å². The number of ether oxygens (including phenoxy) is 1. The smallest absolute Gasteiger partial charge is 0.132 e. The summed E-state index contributed by atoms with van der Waals surface area (Å²) in [7, 11) is 0. The molecule has 0 aliphatic heterocycles. The van der Waals surface area contributed by atoms with Crippen LogP contribution in [0.1, 0.15) is 18.2 Å². The van der Waals surface area contributed by atoms with E-state index < -0.39 is 0 Å². The van der Waals surface area contributed by atoms with Crippen LogP contribution in [0.5, 0.6) is 5.75 Å². The van der Waals surface area contributed by atoms with Crippen molar-refractivity contribution < 1.29 is 4.74 Å². The molecule has 16 heavy (non-hydrogen) atoms. The van der Waals surface area contributed by atoms with Crippen LogP contribution in [0.3, 0.4) is 0 Å². The van der Waals surface area contributed by atoms with Crippen LogP contribution in [0.4, 0.5) is 0 Å². The standard InChI is InChI=1S/C13H16N2O/c1-3-15-8-12(14-10-15)9-16-13-6-4-11(2)5-7-13/h4-8,10H,3,9H2,1-2H3. The van der Waals surface area contributed by atoms with Crippen LogP contribution in [0.25, 0.3) is 0 Å². The molecule has 1 aromatic carbocycles. The number of benzene rings is 1. The van der Waals surface area contributed by atoms with Gasteiger partial charge in [0.2, 0.25) is 0 Å². The highest BCUT2D eigenvalue weighted by atomic mass is 16.5. The fourth-order valence-corrected chi connectivity index (χ4v) is 1.45. The quantitative estimate of drug-likeness (QED) is 0.785. The van der Waals surface area contributed by atoms with Crippen molar-refractivity contribution >= 4 is 0 Å². The van der Waals surface area contributed by atoms with Crippen LogP contribution in [0.2, 0.25) is 0 Å². The zero-order valence-electron chi connectivity index (χ0n) is 9.68. The van der Waals surface area contributed by atoms with Gasteiger partial charge in [0.25, 0.3) is 0 Å². The Labute approximate surface area is 95.7 Å². The van der Waals surface area contributed by atoms with Crippen molar-refractivity contribution in [3.63, 3.8) is 0 Å². The summed E-state index contributed by atoms with van der Waals surface area (Å²) >= 11 is 0. The van der Waals surface area contributed by atoms with E-state index in [9.17, 15) is 0 Å². The fourth-order valence-electron chi connectivity index (χ4n) is 1.45. The Morgan fingerprint density at radius 2 is 2.00 bits per heavy atom.